The lowest BCUT2D eigenvalue weighted by atomic mass is 10.0. The van der Waals surface area contributed by atoms with E-state index in [4.69, 9.17) is 9.47 Å². The van der Waals surface area contributed by atoms with E-state index in [1.807, 2.05) is 0 Å². The van der Waals surface area contributed by atoms with E-state index < -0.39 is 6.10 Å². The molecule has 50 heavy (non-hydrogen) atoms. The van der Waals surface area contributed by atoms with Crippen molar-refractivity contribution in [3.8, 4) is 0 Å². The average molecular weight is 699 g/mol. The minimum atomic E-state index is -0.768. The van der Waals surface area contributed by atoms with Crippen molar-refractivity contribution in [3.63, 3.8) is 0 Å². The number of unbranched alkanes of at least 4 members (excludes halogenated alkanes) is 19. The van der Waals surface area contributed by atoms with Crippen LogP contribution >= 0.6 is 0 Å². The van der Waals surface area contributed by atoms with E-state index in [0.717, 1.165) is 70.6 Å². The summed E-state index contributed by atoms with van der Waals surface area (Å²) in [5.74, 6) is -0.599. The number of aliphatic hydroxyl groups is 1. The molecule has 0 aromatic heterocycles. The van der Waals surface area contributed by atoms with E-state index in [1.165, 1.54) is 96.3 Å². The normalized spacial score (nSPS) is 12.8. The Labute approximate surface area is 309 Å². The highest BCUT2D eigenvalue weighted by Gasteiger charge is 2.16. The second-order valence-corrected chi connectivity index (χ2v) is 13.7. The number of allylic oxidation sites excluding steroid dienone is 10. The Bertz CT molecular complexity index is 884. The predicted octanol–water partition coefficient (Wildman–Crippen LogP) is 13.2. The number of ether oxygens (including phenoxy) is 2. The van der Waals surface area contributed by atoms with Crippen molar-refractivity contribution in [1.82, 2.24) is 0 Å². The van der Waals surface area contributed by atoms with Crippen LogP contribution < -0.4 is 0 Å². The van der Waals surface area contributed by atoms with Crippen LogP contribution in [0.25, 0.3) is 0 Å². The lowest BCUT2D eigenvalue weighted by Crippen LogP contribution is -2.28. The van der Waals surface area contributed by atoms with Gasteiger partial charge in [-0.1, -0.05) is 184 Å². The van der Waals surface area contributed by atoms with Crippen LogP contribution in [0.1, 0.15) is 194 Å². The van der Waals surface area contributed by atoms with Crippen LogP contribution in [0, 0.1) is 0 Å². The molecule has 0 radical (unpaired) electrons. The number of esters is 2. The van der Waals surface area contributed by atoms with E-state index >= 15 is 0 Å². The number of carbonyl (C=O) groups excluding carboxylic acids is 2. The fourth-order valence-corrected chi connectivity index (χ4v) is 5.70. The monoisotopic (exact) mass is 699 g/mol. The molecule has 0 aliphatic carbocycles. The van der Waals surface area contributed by atoms with Gasteiger partial charge in [-0.3, -0.25) is 9.59 Å². The predicted molar refractivity (Wildman–Crippen MR) is 214 cm³/mol. The van der Waals surface area contributed by atoms with Gasteiger partial charge in [-0.2, -0.15) is 0 Å². The fourth-order valence-electron chi connectivity index (χ4n) is 5.70. The first kappa shape index (κ1) is 47.6. The molecule has 0 amide bonds. The van der Waals surface area contributed by atoms with Crippen LogP contribution in [0.15, 0.2) is 60.8 Å². The topological polar surface area (TPSA) is 72.8 Å². The lowest BCUT2D eigenvalue weighted by Gasteiger charge is -2.15. The molecule has 5 nitrogen and oxygen atoms in total. The largest absolute Gasteiger partial charge is 0.462 e. The zero-order valence-corrected chi connectivity index (χ0v) is 32.6. The molecule has 288 valence electrons. The highest BCUT2D eigenvalue weighted by molar-refractivity contribution is 5.70. The minimum Gasteiger partial charge on any atom is -0.462 e. The van der Waals surface area contributed by atoms with Crippen molar-refractivity contribution in [2.75, 3.05) is 13.2 Å². The third kappa shape index (κ3) is 38.4. The number of hydrogen-bond acceptors (Lipinski definition) is 5. The molecule has 0 spiro atoms. The number of aliphatic hydroxyl groups excluding tert-OH is 1. The molecule has 1 atom stereocenters. The summed E-state index contributed by atoms with van der Waals surface area (Å²) in [6.45, 7) is 3.97. The van der Waals surface area contributed by atoms with Crippen molar-refractivity contribution in [1.29, 1.82) is 0 Å². The number of carbonyl (C=O) groups is 2. The molecule has 0 saturated heterocycles. The van der Waals surface area contributed by atoms with Crippen molar-refractivity contribution in [2.45, 2.75) is 200 Å². The molecule has 0 saturated carbocycles. The van der Waals surface area contributed by atoms with Crippen LogP contribution in [0.5, 0.6) is 0 Å². The molecule has 0 aromatic rings. The van der Waals surface area contributed by atoms with Gasteiger partial charge in [-0.05, 0) is 57.8 Å². The molecule has 5 heteroatoms. The Morgan fingerprint density at radius 1 is 0.480 bits per heavy atom. The van der Waals surface area contributed by atoms with Crippen molar-refractivity contribution in [2.24, 2.45) is 0 Å². The first-order valence-electron chi connectivity index (χ1n) is 20.8. The summed E-state index contributed by atoms with van der Waals surface area (Å²) in [7, 11) is 0. The maximum atomic E-state index is 12.1. The zero-order chi connectivity index (χ0) is 36.4. The molecule has 0 aliphatic heterocycles. The van der Waals surface area contributed by atoms with Gasteiger partial charge in [0.2, 0.25) is 0 Å². The summed E-state index contributed by atoms with van der Waals surface area (Å²) in [4.78, 5) is 24.1. The molecule has 0 aromatic carbocycles. The van der Waals surface area contributed by atoms with Gasteiger partial charge in [0.1, 0.15) is 6.61 Å². The third-order valence-corrected chi connectivity index (χ3v) is 8.83. The van der Waals surface area contributed by atoms with Gasteiger partial charge >= 0.3 is 11.9 Å². The van der Waals surface area contributed by atoms with Crippen molar-refractivity contribution in [3.05, 3.63) is 60.8 Å². The molecule has 0 heterocycles. The maximum absolute atomic E-state index is 12.1. The Kier molecular flexibility index (Phi) is 39.1. The molecular weight excluding hydrogens is 620 g/mol. The summed E-state index contributed by atoms with van der Waals surface area (Å²) < 4.78 is 10.5. The van der Waals surface area contributed by atoms with Crippen LogP contribution in [0.2, 0.25) is 0 Å². The van der Waals surface area contributed by atoms with Gasteiger partial charge in [0, 0.05) is 12.8 Å². The van der Waals surface area contributed by atoms with Gasteiger partial charge in [-0.25, -0.2) is 0 Å². The SMILES string of the molecule is CC/C=C\C/C=C\C/C=C\C/C=C\C/C=C\CCCCCCCCCCCCCCCC(=O)OC(CO)COC(=O)CCCCCCCCC. The summed E-state index contributed by atoms with van der Waals surface area (Å²) in [5, 5.41) is 9.51. The highest BCUT2D eigenvalue weighted by atomic mass is 16.6. The molecule has 0 aliphatic rings. The maximum Gasteiger partial charge on any atom is 0.306 e. The fraction of sp³-hybridized carbons (Fsp3) is 0.733. The van der Waals surface area contributed by atoms with E-state index in [-0.39, 0.29) is 25.2 Å². The Morgan fingerprint density at radius 2 is 0.860 bits per heavy atom. The van der Waals surface area contributed by atoms with Gasteiger partial charge in [-0.15, -0.1) is 0 Å². The van der Waals surface area contributed by atoms with Crippen LogP contribution in [0.3, 0.4) is 0 Å². The zero-order valence-electron chi connectivity index (χ0n) is 32.6. The summed E-state index contributed by atoms with van der Waals surface area (Å²) in [5.41, 5.74) is 0. The van der Waals surface area contributed by atoms with Crippen molar-refractivity contribution < 1.29 is 24.2 Å². The van der Waals surface area contributed by atoms with Gasteiger partial charge in [0.15, 0.2) is 6.10 Å². The van der Waals surface area contributed by atoms with E-state index in [1.54, 1.807) is 0 Å². The van der Waals surface area contributed by atoms with Gasteiger partial charge in [0.25, 0.3) is 0 Å². The Balaban J connectivity index is 3.48. The standard InChI is InChI=1S/C45H78O5/c1-3-5-7-9-11-12-13-14-15-16-17-18-19-20-21-22-23-24-25-26-27-28-29-30-31-32-34-36-38-40-45(48)50-43(41-46)42-49-44(47)39-37-35-33-10-8-6-4-2/h5,7,11-12,14-15,17-18,20-21,43,46H,3-4,6,8-10,13,16,19,22-42H2,1-2H3/b7-5-,12-11-,15-14-,18-17-,21-20-. The van der Waals surface area contributed by atoms with Crippen LogP contribution in [-0.4, -0.2) is 36.4 Å². The van der Waals surface area contributed by atoms with Crippen LogP contribution in [0.4, 0.5) is 0 Å². The summed E-state index contributed by atoms with van der Waals surface area (Å²) in [6, 6.07) is 0. The first-order valence-corrected chi connectivity index (χ1v) is 20.8. The van der Waals surface area contributed by atoms with Gasteiger partial charge in [0.05, 0.1) is 6.61 Å². The van der Waals surface area contributed by atoms with E-state index in [9.17, 15) is 14.7 Å². The van der Waals surface area contributed by atoms with Crippen LogP contribution in [-0.2, 0) is 19.1 Å². The highest BCUT2D eigenvalue weighted by Crippen LogP contribution is 2.14. The minimum absolute atomic E-state index is 0.0661. The summed E-state index contributed by atoms with van der Waals surface area (Å²) in [6.07, 6.45) is 53.2. The first-order chi connectivity index (χ1) is 24.6. The Hall–Kier alpha value is -2.40. The second-order valence-electron chi connectivity index (χ2n) is 13.7. The molecule has 0 fully saturated rings. The summed E-state index contributed by atoms with van der Waals surface area (Å²) >= 11 is 0. The lowest BCUT2D eigenvalue weighted by molar-refractivity contribution is -0.161. The molecule has 0 bridgehead atoms. The molecular formula is C45H78O5. The van der Waals surface area contributed by atoms with Gasteiger partial charge < -0.3 is 14.6 Å². The smallest absolute Gasteiger partial charge is 0.306 e. The average Bonchev–Trinajstić information content (AvgIpc) is 3.12. The molecule has 1 unspecified atom stereocenters. The van der Waals surface area contributed by atoms with Crippen molar-refractivity contribution >= 4 is 11.9 Å². The Morgan fingerprint density at radius 3 is 1.30 bits per heavy atom. The number of hydrogen-bond donors (Lipinski definition) is 1. The van der Waals surface area contributed by atoms with E-state index in [0.29, 0.717) is 12.8 Å². The quantitative estimate of drug-likeness (QED) is 0.0397. The van der Waals surface area contributed by atoms with E-state index in [2.05, 4.69) is 74.6 Å². The third-order valence-electron chi connectivity index (χ3n) is 8.83. The molecule has 0 rings (SSSR count). The molecule has 1 N–H and O–H groups in total. The number of rotatable bonds is 37. The second kappa shape index (κ2) is 41.0.